The Morgan fingerprint density at radius 3 is 2.26 bits per heavy atom. The van der Waals surface area contributed by atoms with Crippen molar-refractivity contribution in [1.82, 2.24) is 0 Å². The van der Waals surface area contributed by atoms with Crippen LogP contribution in [0.15, 0.2) is 36.4 Å². The lowest BCUT2D eigenvalue weighted by Gasteiger charge is -2.29. The molecule has 168 valence electrons. The van der Waals surface area contributed by atoms with E-state index in [1.165, 1.54) is 19.2 Å². The van der Waals surface area contributed by atoms with Gasteiger partial charge in [0.1, 0.15) is 6.10 Å². The summed E-state index contributed by atoms with van der Waals surface area (Å²) >= 11 is 0. The Kier molecular flexibility index (Phi) is 7.63. The maximum atomic E-state index is 14.3. The van der Waals surface area contributed by atoms with Gasteiger partial charge in [-0.1, -0.05) is 44.5 Å². The molecule has 0 saturated heterocycles. The summed E-state index contributed by atoms with van der Waals surface area (Å²) in [6.45, 7) is 3.55. The zero-order valence-corrected chi connectivity index (χ0v) is 18.2. The average molecular weight is 434 g/mol. The zero-order valence-electron chi connectivity index (χ0n) is 18.2. The van der Waals surface area contributed by atoms with Crippen molar-refractivity contribution in [3.8, 4) is 16.9 Å². The molecule has 0 heterocycles. The topological polar surface area (TPSA) is 35.5 Å². The van der Waals surface area contributed by atoms with Crippen LogP contribution in [0.1, 0.15) is 57.4 Å². The van der Waals surface area contributed by atoms with Gasteiger partial charge < -0.3 is 9.47 Å². The molecule has 3 rings (SSSR count). The molecule has 0 unspecified atom stereocenters. The summed E-state index contributed by atoms with van der Waals surface area (Å²) in [6, 6.07) is 10.3. The van der Waals surface area contributed by atoms with Gasteiger partial charge in [0.05, 0.1) is 7.11 Å². The zero-order chi connectivity index (χ0) is 22.5. The molecular weight excluding hydrogens is 405 g/mol. The van der Waals surface area contributed by atoms with Crippen molar-refractivity contribution in [2.45, 2.75) is 64.1 Å². The highest BCUT2D eigenvalue weighted by atomic mass is 19.2. The van der Waals surface area contributed by atoms with E-state index in [1.807, 2.05) is 19.1 Å². The highest BCUT2D eigenvalue weighted by Gasteiger charge is 2.30. The van der Waals surface area contributed by atoms with Gasteiger partial charge in [0.15, 0.2) is 17.7 Å². The van der Waals surface area contributed by atoms with Gasteiger partial charge in [0, 0.05) is 5.56 Å². The minimum atomic E-state index is -1.57. The highest BCUT2D eigenvalue weighted by Crippen LogP contribution is 2.36. The fourth-order valence-corrected chi connectivity index (χ4v) is 4.03. The third-order valence-electron chi connectivity index (χ3n) is 6.29. The molecule has 6 heteroatoms. The van der Waals surface area contributed by atoms with Crippen LogP contribution in [0.25, 0.3) is 11.1 Å². The molecule has 1 saturated carbocycles. The highest BCUT2D eigenvalue weighted by molar-refractivity contribution is 5.75. The van der Waals surface area contributed by atoms with E-state index >= 15 is 0 Å². The van der Waals surface area contributed by atoms with Crippen LogP contribution in [-0.2, 0) is 9.53 Å². The SMILES string of the molecule is CC[C@H](C)[C@H](F)C(=O)O[C@H]1CC[C@H](c2ccc(-c3ccc(OC)c(F)c3F)cc2)CC1. The van der Waals surface area contributed by atoms with Crippen LogP contribution in [0.3, 0.4) is 0 Å². The number of halogens is 3. The van der Waals surface area contributed by atoms with Crippen LogP contribution in [0, 0.1) is 17.6 Å². The van der Waals surface area contributed by atoms with Gasteiger partial charge in [0.25, 0.3) is 0 Å². The lowest BCUT2D eigenvalue weighted by molar-refractivity contribution is -0.158. The summed E-state index contributed by atoms with van der Waals surface area (Å²) < 4.78 is 52.6. The maximum Gasteiger partial charge on any atom is 0.341 e. The fraction of sp³-hybridized carbons (Fsp3) is 0.480. The Hall–Kier alpha value is -2.50. The molecule has 31 heavy (non-hydrogen) atoms. The molecule has 2 aromatic carbocycles. The molecule has 0 amide bonds. The van der Waals surface area contributed by atoms with Crippen LogP contribution in [-0.4, -0.2) is 25.4 Å². The monoisotopic (exact) mass is 434 g/mol. The van der Waals surface area contributed by atoms with Crippen molar-refractivity contribution >= 4 is 5.97 Å². The van der Waals surface area contributed by atoms with Gasteiger partial charge in [-0.2, -0.15) is 4.39 Å². The van der Waals surface area contributed by atoms with E-state index in [4.69, 9.17) is 9.47 Å². The summed E-state index contributed by atoms with van der Waals surface area (Å²) in [5.41, 5.74) is 1.87. The van der Waals surface area contributed by atoms with Crippen molar-refractivity contribution in [1.29, 1.82) is 0 Å². The van der Waals surface area contributed by atoms with E-state index in [2.05, 4.69) is 0 Å². The predicted octanol–water partition coefficient (Wildman–Crippen LogP) is 6.59. The molecule has 0 spiro atoms. The number of alkyl halides is 1. The number of esters is 1. The molecule has 1 aliphatic carbocycles. The molecule has 0 aliphatic heterocycles. The summed E-state index contributed by atoms with van der Waals surface area (Å²) in [7, 11) is 1.30. The van der Waals surface area contributed by atoms with Crippen molar-refractivity contribution in [2.24, 2.45) is 5.92 Å². The first-order chi connectivity index (χ1) is 14.8. The Balaban J connectivity index is 1.60. The average Bonchev–Trinajstić information content (AvgIpc) is 2.80. The number of ether oxygens (including phenoxy) is 2. The number of rotatable bonds is 7. The van der Waals surface area contributed by atoms with E-state index in [1.54, 1.807) is 19.1 Å². The molecule has 0 N–H and O–H groups in total. The first-order valence-electron chi connectivity index (χ1n) is 10.8. The van der Waals surface area contributed by atoms with Crippen LogP contribution in [0.4, 0.5) is 13.2 Å². The second kappa shape index (κ2) is 10.2. The summed E-state index contributed by atoms with van der Waals surface area (Å²) in [5, 5.41) is 0. The van der Waals surface area contributed by atoms with Gasteiger partial charge in [0.2, 0.25) is 5.82 Å². The number of benzene rings is 2. The quantitative estimate of drug-likeness (QED) is 0.461. The summed E-state index contributed by atoms with van der Waals surface area (Å²) in [5.74, 6) is -2.86. The third kappa shape index (κ3) is 5.23. The van der Waals surface area contributed by atoms with Crippen LogP contribution in [0.2, 0.25) is 0 Å². The molecule has 2 aromatic rings. The van der Waals surface area contributed by atoms with Gasteiger partial charge in [-0.05, 0) is 60.8 Å². The van der Waals surface area contributed by atoms with E-state index < -0.39 is 23.8 Å². The predicted molar refractivity (Wildman–Crippen MR) is 114 cm³/mol. The molecular formula is C25H29F3O3. The summed E-state index contributed by atoms with van der Waals surface area (Å²) in [4.78, 5) is 12.0. The summed E-state index contributed by atoms with van der Waals surface area (Å²) in [6.07, 6.45) is 1.78. The lowest BCUT2D eigenvalue weighted by Crippen LogP contribution is -2.31. The van der Waals surface area contributed by atoms with E-state index in [0.717, 1.165) is 18.4 Å². The Morgan fingerprint density at radius 2 is 1.68 bits per heavy atom. The minimum Gasteiger partial charge on any atom is -0.494 e. The lowest BCUT2D eigenvalue weighted by atomic mass is 9.82. The van der Waals surface area contributed by atoms with Gasteiger partial charge >= 0.3 is 5.97 Å². The molecule has 0 bridgehead atoms. The number of hydrogen-bond donors (Lipinski definition) is 0. The second-order valence-corrected chi connectivity index (χ2v) is 8.26. The van der Waals surface area contributed by atoms with Crippen LogP contribution >= 0.6 is 0 Å². The van der Waals surface area contributed by atoms with Gasteiger partial charge in [-0.15, -0.1) is 0 Å². The van der Waals surface area contributed by atoms with E-state index in [9.17, 15) is 18.0 Å². The largest absolute Gasteiger partial charge is 0.494 e. The molecule has 1 aliphatic rings. The first kappa shape index (κ1) is 23.2. The van der Waals surface area contributed by atoms with Crippen molar-refractivity contribution in [2.75, 3.05) is 7.11 Å². The molecule has 2 atom stereocenters. The molecule has 0 radical (unpaired) electrons. The third-order valence-corrected chi connectivity index (χ3v) is 6.29. The normalized spacial score (nSPS) is 20.7. The molecule has 0 aromatic heterocycles. The van der Waals surface area contributed by atoms with Crippen LogP contribution < -0.4 is 4.74 Å². The van der Waals surface area contributed by atoms with Crippen molar-refractivity contribution < 1.29 is 27.4 Å². The Morgan fingerprint density at radius 1 is 1.03 bits per heavy atom. The minimum absolute atomic E-state index is 0.126. The van der Waals surface area contributed by atoms with Crippen molar-refractivity contribution in [3.05, 3.63) is 53.6 Å². The second-order valence-electron chi connectivity index (χ2n) is 8.26. The molecule has 1 fully saturated rings. The number of hydrogen-bond acceptors (Lipinski definition) is 3. The number of methoxy groups -OCH3 is 1. The number of carbonyl (C=O) groups is 1. The van der Waals surface area contributed by atoms with Crippen LogP contribution in [0.5, 0.6) is 5.75 Å². The van der Waals surface area contributed by atoms with E-state index in [0.29, 0.717) is 24.8 Å². The standard InChI is InChI=1S/C25H29F3O3/c1-4-15(2)22(26)25(29)31-19-11-9-17(10-12-19)16-5-7-18(8-6-16)20-13-14-21(30-3)24(28)23(20)27/h5-8,13-15,17,19,22H,4,9-12H2,1-3H3/t15-,17-,19-,22-/m0/s1. The van der Waals surface area contributed by atoms with Gasteiger partial charge in [-0.3, -0.25) is 0 Å². The Bertz CT molecular complexity index is 890. The smallest absolute Gasteiger partial charge is 0.341 e. The maximum absolute atomic E-state index is 14.3. The first-order valence-corrected chi connectivity index (χ1v) is 10.8. The fourth-order valence-electron chi connectivity index (χ4n) is 4.03. The van der Waals surface area contributed by atoms with E-state index in [-0.39, 0.29) is 29.3 Å². The number of carbonyl (C=O) groups excluding carboxylic acids is 1. The van der Waals surface area contributed by atoms with Gasteiger partial charge in [-0.25, -0.2) is 13.6 Å². The molecule has 3 nitrogen and oxygen atoms in total. The Labute approximate surface area is 181 Å². The van der Waals surface area contributed by atoms with Crippen molar-refractivity contribution in [3.63, 3.8) is 0 Å².